The summed E-state index contributed by atoms with van der Waals surface area (Å²) in [6.45, 7) is 1.78. The highest BCUT2D eigenvalue weighted by atomic mass is 16.1. The first-order valence-corrected chi connectivity index (χ1v) is 4.85. The summed E-state index contributed by atoms with van der Waals surface area (Å²) in [5.74, 6) is -0.119. The molecule has 0 unspecified atom stereocenters. The zero-order chi connectivity index (χ0) is 12.4. The van der Waals surface area contributed by atoms with Crippen molar-refractivity contribution in [2.24, 2.45) is 5.73 Å². The van der Waals surface area contributed by atoms with E-state index in [0.29, 0.717) is 17.1 Å². The summed E-state index contributed by atoms with van der Waals surface area (Å²) in [7, 11) is 0. The maximum absolute atomic E-state index is 10.9. The molecule has 0 atom stereocenters. The number of carbonyl (C=O) groups excluding carboxylic acids is 1. The van der Waals surface area contributed by atoms with Crippen LogP contribution in [0.1, 0.15) is 21.7 Å². The molecule has 0 aliphatic rings. The van der Waals surface area contributed by atoms with Crippen LogP contribution in [0.25, 0.3) is 5.82 Å². The van der Waals surface area contributed by atoms with Gasteiger partial charge in [0, 0.05) is 18.0 Å². The molecule has 0 aromatic carbocycles. The summed E-state index contributed by atoms with van der Waals surface area (Å²) in [6.07, 6.45) is 1.57. The van der Waals surface area contributed by atoms with E-state index in [0.717, 1.165) is 0 Å². The highest BCUT2D eigenvalue weighted by molar-refractivity contribution is 5.90. The molecule has 84 valence electrons. The monoisotopic (exact) mass is 227 g/mol. The zero-order valence-electron chi connectivity index (χ0n) is 9.08. The van der Waals surface area contributed by atoms with Crippen LogP contribution in [-0.2, 0) is 0 Å². The SMILES string of the molecule is Cc1cc(C#N)cc(-n2ccc(C(N)=O)n2)n1. The number of nitrogens with two attached hydrogens (primary N) is 1. The molecule has 0 spiro atoms. The fourth-order valence-electron chi connectivity index (χ4n) is 1.42. The minimum Gasteiger partial charge on any atom is -0.364 e. The quantitative estimate of drug-likeness (QED) is 0.809. The largest absolute Gasteiger partial charge is 0.364 e. The van der Waals surface area contributed by atoms with E-state index in [1.54, 1.807) is 25.3 Å². The van der Waals surface area contributed by atoms with E-state index in [1.807, 2.05) is 6.07 Å². The number of hydrogen-bond acceptors (Lipinski definition) is 4. The van der Waals surface area contributed by atoms with Crippen molar-refractivity contribution < 1.29 is 4.79 Å². The number of hydrogen-bond donors (Lipinski definition) is 1. The van der Waals surface area contributed by atoms with Crippen molar-refractivity contribution >= 4 is 5.91 Å². The number of aromatic nitrogens is 3. The summed E-state index contributed by atoms with van der Waals surface area (Å²) < 4.78 is 1.41. The Kier molecular flexibility index (Phi) is 2.58. The molecule has 2 aromatic heterocycles. The molecule has 0 aliphatic carbocycles. The molecular formula is C11H9N5O. The third-order valence-corrected chi connectivity index (χ3v) is 2.15. The second kappa shape index (κ2) is 4.06. The highest BCUT2D eigenvalue weighted by Gasteiger charge is 2.07. The van der Waals surface area contributed by atoms with Crippen LogP contribution in [0.2, 0.25) is 0 Å². The molecule has 6 nitrogen and oxygen atoms in total. The van der Waals surface area contributed by atoms with E-state index in [-0.39, 0.29) is 5.69 Å². The minimum atomic E-state index is -0.600. The normalized spacial score (nSPS) is 9.88. The van der Waals surface area contributed by atoms with E-state index in [2.05, 4.69) is 10.1 Å². The number of aryl methyl sites for hydroxylation is 1. The predicted octanol–water partition coefficient (Wildman–Crippen LogP) is 0.546. The van der Waals surface area contributed by atoms with Crippen molar-refractivity contribution in [2.75, 3.05) is 0 Å². The molecule has 6 heteroatoms. The third kappa shape index (κ3) is 2.13. The van der Waals surface area contributed by atoms with Crippen LogP contribution in [0.15, 0.2) is 24.4 Å². The van der Waals surface area contributed by atoms with Crippen LogP contribution >= 0.6 is 0 Å². The van der Waals surface area contributed by atoms with Gasteiger partial charge in [-0.3, -0.25) is 4.79 Å². The maximum Gasteiger partial charge on any atom is 0.269 e. The van der Waals surface area contributed by atoms with Gasteiger partial charge in [0.05, 0.1) is 11.6 Å². The lowest BCUT2D eigenvalue weighted by Gasteiger charge is -2.02. The molecular weight excluding hydrogens is 218 g/mol. The molecule has 1 amide bonds. The fraction of sp³-hybridized carbons (Fsp3) is 0.0909. The molecule has 0 aliphatic heterocycles. The van der Waals surface area contributed by atoms with Gasteiger partial charge >= 0.3 is 0 Å². The van der Waals surface area contributed by atoms with Gasteiger partial charge in [-0.15, -0.1) is 0 Å². The topological polar surface area (TPSA) is 97.6 Å². The standard InChI is InChI=1S/C11H9N5O/c1-7-4-8(6-12)5-10(14-7)16-3-2-9(15-16)11(13)17/h2-5H,1H3,(H2,13,17). The first kappa shape index (κ1) is 10.8. The van der Waals surface area contributed by atoms with Crippen molar-refractivity contribution in [3.63, 3.8) is 0 Å². The summed E-state index contributed by atoms with van der Waals surface area (Å²) in [6, 6.07) is 6.79. The van der Waals surface area contributed by atoms with Gasteiger partial charge in [0.15, 0.2) is 5.82 Å². The molecule has 0 saturated carbocycles. The number of rotatable bonds is 2. The van der Waals surface area contributed by atoms with E-state index >= 15 is 0 Å². The second-order valence-electron chi connectivity index (χ2n) is 3.48. The predicted molar refractivity (Wildman–Crippen MR) is 59.3 cm³/mol. The molecule has 17 heavy (non-hydrogen) atoms. The molecule has 0 bridgehead atoms. The highest BCUT2D eigenvalue weighted by Crippen LogP contribution is 2.09. The zero-order valence-corrected chi connectivity index (χ0v) is 9.08. The van der Waals surface area contributed by atoms with Crippen LogP contribution in [0.5, 0.6) is 0 Å². The Hall–Kier alpha value is -2.68. The van der Waals surface area contributed by atoms with Crippen LogP contribution in [0.4, 0.5) is 0 Å². The van der Waals surface area contributed by atoms with Crippen molar-refractivity contribution in [1.29, 1.82) is 5.26 Å². The van der Waals surface area contributed by atoms with E-state index < -0.39 is 5.91 Å². The summed E-state index contributed by atoms with van der Waals surface area (Å²) in [5, 5.41) is 12.8. The molecule has 0 saturated heterocycles. The Balaban J connectivity index is 2.49. The van der Waals surface area contributed by atoms with Crippen LogP contribution in [-0.4, -0.2) is 20.7 Å². The maximum atomic E-state index is 10.9. The van der Waals surface area contributed by atoms with Gasteiger partial charge in [-0.2, -0.15) is 10.4 Å². The third-order valence-electron chi connectivity index (χ3n) is 2.15. The number of carbonyl (C=O) groups is 1. The van der Waals surface area contributed by atoms with Gasteiger partial charge in [0.25, 0.3) is 5.91 Å². The molecule has 0 radical (unpaired) electrons. The smallest absolute Gasteiger partial charge is 0.269 e. The molecule has 2 aromatic rings. The molecule has 0 fully saturated rings. The lowest BCUT2D eigenvalue weighted by atomic mass is 10.2. The van der Waals surface area contributed by atoms with Gasteiger partial charge in [-0.25, -0.2) is 9.67 Å². The minimum absolute atomic E-state index is 0.159. The Bertz CT molecular complexity index is 623. The Morgan fingerprint density at radius 1 is 1.53 bits per heavy atom. The lowest BCUT2D eigenvalue weighted by Crippen LogP contribution is -2.12. The number of nitrogens with zero attached hydrogens (tertiary/aromatic N) is 4. The van der Waals surface area contributed by atoms with E-state index in [4.69, 9.17) is 11.0 Å². The van der Waals surface area contributed by atoms with Gasteiger partial charge in [0.2, 0.25) is 0 Å². The Morgan fingerprint density at radius 2 is 2.29 bits per heavy atom. The lowest BCUT2D eigenvalue weighted by molar-refractivity contribution is 0.0995. The van der Waals surface area contributed by atoms with Crippen LogP contribution in [0, 0.1) is 18.3 Å². The van der Waals surface area contributed by atoms with Gasteiger partial charge in [-0.1, -0.05) is 0 Å². The summed E-state index contributed by atoms with van der Waals surface area (Å²) >= 11 is 0. The number of amides is 1. The average Bonchev–Trinajstić information content (AvgIpc) is 2.77. The first-order valence-electron chi connectivity index (χ1n) is 4.85. The van der Waals surface area contributed by atoms with Crippen molar-refractivity contribution in [2.45, 2.75) is 6.92 Å². The number of primary amides is 1. The van der Waals surface area contributed by atoms with Gasteiger partial charge in [0.1, 0.15) is 5.69 Å². The number of nitriles is 1. The molecule has 2 heterocycles. The summed E-state index contributed by atoms with van der Waals surface area (Å²) in [5.41, 5.74) is 6.46. The molecule has 2 rings (SSSR count). The van der Waals surface area contributed by atoms with Gasteiger partial charge < -0.3 is 5.73 Å². The number of pyridine rings is 1. The van der Waals surface area contributed by atoms with Crippen molar-refractivity contribution in [3.8, 4) is 11.9 Å². The van der Waals surface area contributed by atoms with E-state index in [9.17, 15) is 4.79 Å². The van der Waals surface area contributed by atoms with Crippen LogP contribution in [0.3, 0.4) is 0 Å². The van der Waals surface area contributed by atoms with Crippen molar-refractivity contribution in [1.82, 2.24) is 14.8 Å². The molecule has 2 N–H and O–H groups in total. The summed E-state index contributed by atoms with van der Waals surface area (Å²) in [4.78, 5) is 15.1. The van der Waals surface area contributed by atoms with Gasteiger partial charge in [-0.05, 0) is 19.1 Å². The first-order chi connectivity index (χ1) is 8.10. The fourth-order valence-corrected chi connectivity index (χ4v) is 1.42. The van der Waals surface area contributed by atoms with Crippen LogP contribution < -0.4 is 5.73 Å². The second-order valence-corrected chi connectivity index (χ2v) is 3.48. The Morgan fingerprint density at radius 3 is 2.88 bits per heavy atom. The Labute approximate surface area is 97.3 Å². The average molecular weight is 227 g/mol. The van der Waals surface area contributed by atoms with E-state index in [1.165, 1.54) is 10.7 Å². The van der Waals surface area contributed by atoms with Crippen molar-refractivity contribution in [3.05, 3.63) is 41.3 Å².